The topological polar surface area (TPSA) is 113 Å². The Morgan fingerprint density at radius 3 is 2.97 bits per heavy atom. The fourth-order valence-corrected chi connectivity index (χ4v) is 5.65. The number of nitrogens with one attached hydrogen (secondary N) is 3. The van der Waals surface area contributed by atoms with Crippen LogP contribution < -0.4 is 10.6 Å². The molecule has 8 nitrogen and oxygen atoms in total. The van der Waals surface area contributed by atoms with Crippen molar-refractivity contribution in [3.05, 3.63) is 40.8 Å². The summed E-state index contributed by atoms with van der Waals surface area (Å²) in [5.74, 6) is -0.314. The second-order valence-electron chi connectivity index (χ2n) is 7.89. The maximum absolute atomic E-state index is 14.8. The number of alkyl carbamates (subject to hydrolysis) is 1. The number of halogens is 1. The van der Waals surface area contributed by atoms with Crippen LogP contribution in [-0.4, -0.2) is 37.4 Å². The lowest BCUT2D eigenvalue weighted by Gasteiger charge is -2.12. The van der Waals surface area contributed by atoms with Gasteiger partial charge in [0.2, 0.25) is 0 Å². The molecule has 1 saturated carbocycles. The van der Waals surface area contributed by atoms with Gasteiger partial charge in [0.25, 0.3) is 0 Å². The van der Waals surface area contributed by atoms with Crippen LogP contribution in [0.1, 0.15) is 55.3 Å². The summed E-state index contributed by atoms with van der Waals surface area (Å²) < 4.78 is 43.7. The molecule has 4 rings (SSSR count). The molecule has 162 valence electrons. The Bertz CT molecular complexity index is 1050. The van der Waals surface area contributed by atoms with E-state index < -0.39 is 15.7 Å². The van der Waals surface area contributed by atoms with E-state index in [0.717, 1.165) is 25.0 Å². The van der Waals surface area contributed by atoms with Crippen molar-refractivity contribution in [1.29, 1.82) is 0 Å². The standard InChI is InChI=1S/C20H25FN4O4S/c1-2-7-22-20(26)29-14-5-3-12(8-14)17-9-18(25-24-17)23-16-6-4-13-10-30(27,28)11-15(13)19(16)21/h4,6,9,12,14H,2-3,5,7-8,10-11H2,1H3,(H,22,26)(H2,23,24,25). The van der Waals surface area contributed by atoms with Crippen LogP contribution in [0.25, 0.3) is 0 Å². The summed E-state index contributed by atoms with van der Waals surface area (Å²) in [6, 6.07) is 4.99. The maximum atomic E-state index is 14.8. The first-order chi connectivity index (χ1) is 14.3. The molecule has 1 amide bonds. The highest BCUT2D eigenvalue weighted by molar-refractivity contribution is 7.90. The molecule has 0 saturated heterocycles. The predicted octanol–water partition coefficient (Wildman–Crippen LogP) is 3.49. The van der Waals surface area contributed by atoms with Gasteiger partial charge in [-0.25, -0.2) is 17.6 Å². The van der Waals surface area contributed by atoms with Crippen molar-refractivity contribution < 1.29 is 22.3 Å². The average molecular weight is 437 g/mol. The minimum Gasteiger partial charge on any atom is -0.446 e. The third-order valence-corrected chi connectivity index (χ3v) is 7.04. The predicted molar refractivity (Wildman–Crippen MR) is 110 cm³/mol. The van der Waals surface area contributed by atoms with Crippen molar-refractivity contribution in [3.8, 4) is 0 Å². The van der Waals surface area contributed by atoms with Gasteiger partial charge in [-0.15, -0.1) is 0 Å². The molecule has 1 aromatic heterocycles. The van der Waals surface area contributed by atoms with Gasteiger partial charge in [-0.3, -0.25) is 5.10 Å². The number of nitrogens with zero attached hydrogens (tertiary/aromatic N) is 1. The highest BCUT2D eigenvalue weighted by Crippen LogP contribution is 2.37. The Kier molecular flexibility index (Phi) is 5.68. The first kappa shape index (κ1) is 20.6. The summed E-state index contributed by atoms with van der Waals surface area (Å²) in [5, 5.41) is 12.8. The van der Waals surface area contributed by atoms with E-state index in [9.17, 15) is 17.6 Å². The average Bonchev–Trinajstić information content (AvgIpc) is 3.40. The molecule has 3 N–H and O–H groups in total. The Morgan fingerprint density at radius 1 is 1.33 bits per heavy atom. The van der Waals surface area contributed by atoms with Crippen LogP contribution >= 0.6 is 0 Å². The summed E-state index contributed by atoms with van der Waals surface area (Å²) in [6.07, 6.45) is 2.67. The van der Waals surface area contributed by atoms with E-state index in [1.54, 1.807) is 6.07 Å². The van der Waals surface area contributed by atoms with Crippen molar-refractivity contribution in [1.82, 2.24) is 15.5 Å². The number of fused-ring (bicyclic) bond motifs is 1. The number of benzene rings is 1. The molecule has 10 heteroatoms. The summed E-state index contributed by atoms with van der Waals surface area (Å²) in [7, 11) is -3.27. The van der Waals surface area contributed by atoms with E-state index >= 15 is 0 Å². The number of amides is 1. The summed E-state index contributed by atoms with van der Waals surface area (Å²) in [4.78, 5) is 11.7. The lowest BCUT2D eigenvalue weighted by molar-refractivity contribution is 0.100. The zero-order chi connectivity index (χ0) is 21.3. The molecule has 0 radical (unpaired) electrons. The molecule has 2 atom stereocenters. The van der Waals surface area contributed by atoms with Crippen LogP contribution in [0.2, 0.25) is 0 Å². The molecule has 1 aliphatic heterocycles. The Morgan fingerprint density at radius 2 is 2.17 bits per heavy atom. The normalized spacial score (nSPS) is 21.9. The smallest absolute Gasteiger partial charge is 0.407 e. The second kappa shape index (κ2) is 8.25. The molecule has 0 bridgehead atoms. The molecule has 30 heavy (non-hydrogen) atoms. The summed E-state index contributed by atoms with van der Waals surface area (Å²) >= 11 is 0. The number of aromatic nitrogens is 2. The van der Waals surface area contributed by atoms with Crippen molar-refractivity contribution in [3.63, 3.8) is 0 Å². The number of carbonyl (C=O) groups excluding carboxylic acids is 1. The van der Waals surface area contributed by atoms with Crippen LogP contribution in [0.15, 0.2) is 18.2 Å². The third-order valence-electron chi connectivity index (χ3n) is 5.56. The number of aromatic amines is 1. The van der Waals surface area contributed by atoms with Crippen LogP contribution in [-0.2, 0) is 26.1 Å². The molecule has 1 aromatic carbocycles. The van der Waals surface area contributed by atoms with Gasteiger partial charge in [-0.1, -0.05) is 13.0 Å². The van der Waals surface area contributed by atoms with Gasteiger partial charge < -0.3 is 15.4 Å². The minimum atomic E-state index is -3.27. The summed E-state index contributed by atoms with van der Waals surface area (Å²) in [5.41, 5.74) is 1.83. The van der Waals surface area contributed by atoms with Gasteiger partial charge in [0.1, 0.15) is 6.10 Å². The molecule has 2 aliphatic rings. The van der Waals surface area contributed by atoms with E-state index in [2.05, 4.69) is 20.8 Å². The van der Waals surface area contributed by atoms with Crippen LogP contribution in [0.4, 0.5) is 20.7 Å². The number of carbonyl (C=O) groups is 1. The number of hydrogen-bond donors (Lipinski definition) is 3. The van der Waals surface area contributed by atoms with Crippen LogP contribution in [0.5, 0.6) is 0 Å². The van der Waals surface area contributed by atoms with E-state index in [1.807, 2.05) is 13.0 Å². The zero-order valence-electron chi connectivity index (χ0n) is 16.7. The number of hydrogen-bond acceptors (Lipinski definition) is 6. The van der Waals surface area contributed by atoms with Crippen molar-refractivity contribution >= 4 is 27.4 Å². The zero-order valence-corrected chi connectivity index (χ0v) is 17.5. The quantitative estimate of drug-likeness (QED) is 0.639. The van der Waals surface area contributed by atoms with Gasteiger partial charge in [-0.2, -0.15) is 5.10 Å². The highest BCUT2D eigenvalue weighted by atomic mass is 32.2. The number of rotatable bonds is 6. The van der Waals surface area contributed by atoms with Gasteiger partial charge in [-0.05, 0) is 37.3 Å². The molecule has 0 spiro atoms. The molecule has 1 aliphatic carbocycles. The minimum absolute atomic E-state index is 0.118. The number of ether oxygens (including phenoxy) is 1. The first-order valence-corrected chi connectivity index (χ1v) is 11.9. The SMILES string of the molecule is CCCNC(=O)OC1CCC(c2cc(Nc3ccc4c(c3F)CS(=O)(=O)C4)n[nH]2)C1. The van der Waals surface area contributed by atoms with Crippen molar-refractivity contribution in [2.24, 2.45) is 0 Å². The molecule has 1 fully saturated rings. The Balaban J connectivity index is 1.38. The van der Waals surface area contributed by atoms with Gasteiger partial charge in [0.05, 0.1) is 17.2 Å². The fraction of sp³-hybridized carbons (Fsp3) is 0.500. The lowest BCUT2D eigenvalue weighted by atomic mass is 10.0. The van der Waals surface area contributed by atoms with E-state index in [0.29, 0.717) is 24.3 Å². The number of sulfone groups is 1. The first-order valence-electron chi connectivity index (χ1n) is 10.1. The largest absolute Gasteiger partial charge is 0.446 e. The van der Waals surface area contributed by atoms with Crippen LogP contribution in [0, 0.1) is 5.82 Å². The monoisotopic (exact) mass is 436 g/mol. The maximum Gasteiger partial charge on any atom is 0.407 e. The summed E-state index contributed by atoms with van der Waals surface area (Å²) in [6.45, 7) is 2.57. The number of H-pyrrole nitrogens is 1. The highest BCUT2D eigenvalue weighted by Gasteiger charge is 2.31. The molecular weight excluding hydrogens is 411 g/mol. The Hall–Kier alpha value is -2.62. The number of anilines is 2. The lowest BCUT2D eigenvalue weighted by Crippen LogP contribution is -2.28. The van der Waals surface area contributed by atoms with E-state index in [4.69, 9.17) is 4.74 Å². The molecule has 2 unspecified atom stereocenters. The van der Waals surface area contributed by atoms with Gasteiger partial charge >= 0.3 is 6.09 Å². The van der Waals surface area contributed by atoms with Gasteiger partial charge in [0.15, 0.2) is 21.5 Å². The molecule has 2 aromatic rings. The molecule has 2 heterocycles. The van der Waals surface area contributed by atoms with Crippen molar-refractivity contribution in [2.45, 2.75) is 56.1 Å². The second-order valence-corrected chi connectivity index (χ2v) is 9.96. The van der Waals surface area contributed by atoms with E-state index in [-0.39, 0.29) is 40.9 Å². The van der Waals surface area contributed by atoms with E-state index in [1.165, 1.54) is 6.07 Å². The third kappa shape index (κ3) is 4.43. The molecular formula is C20H25FN4O4S. The van der Waals surface area contributed by atoms with Gasteiger partial charge in [0, 0.05) is 29.8 Å². The fourth-order valence-electron chi connectivity index (χ4n) is 4.05. The Labute approximate surface area is 174 Å². The van der Waals surface area contributed by atoms with Crippen molar-refractivity contribution in [2.75, 3.05) is 11.9 Å². The van der Waals surface area contributed by atoms with Crippen LogP contribution in [0.3, 0.4) is 0 Å².